The summed E-state index contributed by atoms with van der Waals surface area (Å²) in [6, 6.07) is 20.7. The first-order valence-corrected chi connectivity index (χ1v) is 11.8. The smallest absolute Gasteiger partial charge is 0.296 e. The molecule has 4 aromatic rings. The molecule has 0 radical (unpaired) electrons. The van der Waals surface area contributed by atoms with E-state index in [0.717, 1.165) is 55.1 Å². The van der Waals surface area contributed by atoms with Crippen molar-refractivity contribution in [3.8, 4) is 0 Å². The van der Waals surface area contributed by atoms with E-state index in [0.29, 0.717) is 16.6 Å². The van der Waals surface area contributed by atoms with Crippen molar-refractivity contribution in [2.24, 2.45) is 0 Å². The van der Waals surface area contributed by atoms with Gasteiger partial charge in [-0.1, -0.05) is 67.4 Å². The third kappa shape index (κ3) is 4.31. The molecule has 0 bridgehead atoms. The fraction of sp³-hybridized carbons (Fsp3) is 0.250. The number of rotatable bonds is 5. The largest absolute Gasteiger partial charge is 0.341 e. The van der Waals surface area contributed by atoms with Crippen molar-refractivity contribution in [1.29, 1.82) is 0 Å². The monoisotopic (exact) mass is 453 g/mol. The van der Waals surface area contributed by atoms with Crippen LogP contribution in [0.25, 0.3) is 21.7 Å². The molecule has 0 aliphatic carbocycles. The van der Waals surface area contributed by atoms with E-state index in [1.165, 1.54) is 0 Å². The van der Waals surface area contributed by atoms with E-state index in [1.807, 2.05) is 65.6 Å². The van der Waals surface area contributed by atoms with Crippen molar-refractivity contribution in [3.05, 3.63) is 78.5 Å². The topological polar surface area (TPSA) is 71.4 Å². The van der Waals surface area contributed by atoms with Crippen LogP contribution in [0.1, 0.15) is 36.0 Å². The molecule has 2 amide bonds. The molecule has 2 heterocycles. The van der Waals surface area contributed by atoms with Crippen LogP contribution >= 0.6 is 0 Å². The van der Waals surface area contributed by atoms with E-state index in [9.17, 15) is 14.4 Å². The zero-order valence-corrected chi connectivity index (χ0v) is 19.0. The van der Waals surface area contributed by atoms with E-state index >= 15 is 0 Å². The predicted octanol–water partition coefficient (Wildman–Crippen LogP) is 5.02. The second-order valence-corrected chi connectivity index (χ2v) is 8.79. The minimum atomic E-state index is -0.696. The molecule has 1 aliphatic heterocycles. The van der Waals surface area contributed by atoms with Crippen molar-refractivity contribution in [2.45, 2.75) is 32.2 Å². The summed E-state index contributed by atoms with van der Waals surface area (Å²) in [5.41, 5.74) is 1.67. The number of nitrogens with zero attached hydrogens (tertiary/aromatic N) is 2. The number of aromatic nitrogens is 1. The SMILES string of the molecule is O=C(Nc1cccc2ccccc12)C(=O)c1cn(CC(=O)N2CCCCCC2)c2ccccc12. The summed E-state index contributed by atoms with van der Waals surface area (Å²) in [7, 11) is 0. The van der Waals surface area contributed by atoms with Crippen LogP contribution in [-0.2, 0) is 16.1 Å². The molecule has 6 heteroatoms. The highest BCUT2D eigenvalue weighted by Crippen LogP contribution is 2.25. The Kier molecular flexibility index (Phi) is 6.12. The van der Waals surface area contributed by atoms with Crippen LogP contribution in [0, 0.1) is 0 Å². The van der Waals surface area contributed by atoms with Gasteiger partial charge in [0, 0.05) is 41.3 Å². The summed E-state index contributed by atoms with van der Waals surface area (Å²) in [6.45, 7) is 1.70. The summed E-state index contributed by atoms with van der Waals surface area (Å²) in [4.78, 5) is 41.1. The van der Waals surface area contributed by atoms with Crippen LogP contribution < -0.4 is 5.32 Å². The molecule has 34 heavy (non-hydrogen) atoms. The zero-order valence-electron chi connectivity index (χ0n) is 19.0. The first kappa shape index (κ1) is 21.9. The van der Waals surface area contributed by atoms with Crippen LogP contribution in [0.3, 0.4) is 0 Å². The summed E-state index contributed by atoms with van der Waals surface area (Å²) >= 11 is 0. The fourth-order valence-electron chi connectivity index (χ4n) is 4.76. The number of fused-ring (bicyclic) bond motifs is 2. The number of ketones is 1. The summed E-state index contributed by atoms with van der Waals surface area (Å²) in [5, 5.41) is 5.31. The lowest BCUT2D eigenvalue weighted by Crippen LogP contribution is -2.34. The Hall–Kier alpha value is -3.93. The van der Waals surface area contributed by atoms with E-state index in [1.54, 1.807) is 16.8 Å². The molecule has 5 rings (SSSR count). The number of hydrogen-bond donors (Lipinski definition) is 1. The van der Waals surface area contributed by atoms with E-state index < -0.39 is 11.7 Å². The van der Waals surface area contributed by atoms with Crippen LogP contribution in [0.5, 0.6) is 0 Å². The molecule has 1 N–H and O–H groups in total. The standard InChI is InChI=1S/C28H27N3O3/c32-26(30-16-7-1-2-8-17-30)19-31-18-23(22-13-5-6-15-25(22)31)27(33)28(34)29-24-14-9-11-20-10-3-4-12-21(20)24/h3-6,9-15,18H,1-2,7-8,16-17,19H2,(H,29,34). The Balaban J connectivity index is 1.41. The van der Waals surface area contributed by atoms with E-state index in [4.69, 9.17) is 0 Å². The van der Waals surface area contributed by atoms with Crippen LogP contribution in [0.4, 0.5) is 5.69 Å². The molecule has 0 unspecified atom stereocenters. The Morgan fingerprint density at radius 3 is 2.24 bits per heavy atom. The summed E-state index contributed by atoms with van der Waals surface area (Å²) in [6.07, 6.45) is 6.00. The predicted molar refractivity (Wildman–Crippen MR) is 134 cm³/mol. The van der Waals surface area contributed by atoms with Crippen LogP contribution in [0.2, 0.25) is 0 Å². The Morgan fingerprint density at radius 2 is 1.44 bits per heavy atom. The number of amides is 2. The lowest BCUT2D eigenvalue weighted by molar-refractivity contribution is -0.131. The second-order valence-electron chi connectivity index (χ2n) is 8.79. The number of para-hydroxylation sites is 1. The average Bonchev–Trinajstić information content (AvgIpc) is 3.03. The second kappa shape index (κ2) is 9.51. The van der Waals surface area contributed by atoms with Gasteiger partial charge in [0.25, 0.3) is 11.7 Å². The zero-order chi connectivity index (χ0) is 23.5. The van der Waals surface area contributed by atoms with Gasteiger partial charge in [-0.2, -0.15) is 0 Å². The number of hydrogen-bond acceptors (Lipinski definition) is 3. The van der Waals surface area contributed by atoms with Gasteiger partial charge in [0.05, 0.1) is 5.56 Å². The molecule has 0 saturated carbocycles. The van der Waals surface area contributed by atoms with Gasteiger partial charge >= 0.3 is 0 Å². The minimum absolute atomic E-state index is 0.0434. The number of likely N-dealkylation sites (tertiary alicyclic amines) is 1. The van der Waals surface area contributed by atoms with Gasteiger partial charge in [-0.05, 0) is 30.4 Å². The molecule has 1 saturated heterocycles. The van der Waals surface area contributed by atoms with Crippen molar-refractivity contribution in [3.63, 3.8) is 0 Å². The summed E-state index contributed by atoms with van der Waals surface area (Å²) < 4.78 is 1.79. The number of nitrogens with one attached hydrogen (secondary N) is 1. The van der Waals surface area contributed by atoms with Crippen molar-refractivity contribution in [1.82, 2.24) is 9.47 Å². The molecule has 172 valence electrons. The highest BCUT2D eigenvalue weighted by molar-refractivity contribution is 6.48. The average molecular weight is 454 g/mol. The van der Waals surface area contributed by atoms with E-state index in [2.05, 4.69) is 5.32 Å². The van der Waals surface area contributed by atoms with Crippen molar-refractivity contribution >= 4 is 45.0 Å². The first-order valence-electron chi connectivity index (χ1n) is 11.8. The Morgan fingerprint density at radius 1 is 0.765 bits per heavy atom. The maximum Gasteiger partial charge on any atom is 0.296 e. The van der Waals surface area contributed by atoms with Gasteiger partial charge in [0.15, 0.2) is 0 Å². The molecular weight excluding hydrogens is 426 g/mol. The molecule has 0 spiro atoms. The third-order valence-electron chi connectivity index (χ3n) is 6.54. The minimum Gasteiger partial charge on any atom is -0.341 e. The molecular formula is C28H27N3O3. The van der Waals surface area contributed by atoms with Gasteiger partial charge in [-0.25, -0.2) is 0 Å². The maximum absolute atomic E-state index is 13.2. The van der Waals surface area contributed by atoms with Crippen LogP contribution in [0.15, 0.2) is 72.9 Å². The third-order valence-corrected chi connectivity index (χ3v) is 6.54. The molecule has 1 aliphatic rings. The molecule has 6 nitrogen and oxygen atoms in total. The van der Waals surface area contributed by atoms with Gasteiger partial charge < -0.3 is 14.8 Å². The van der Waals surface area contributed by atoms with Gasteiger partial charge in [-0.3, -0.25) is 14.4 Å². The summed E-state index contributed by atoms with van der Waals surface area (Å²) in [5.74, 6) is -1.27. The number of carbonyl (C=O) groups excluding carboxylic acids is 3. The highest BCUT2D eigenvalue weighted by atomic mass is 16.2. The quantitative estimate of drug-likeness (QED) is 0.341. The Labute approximate surface area is 198 Å². The van der Waals surface area contributed by atoms with Gasteiger partial charge in [0.1, 0.15) is 6.54 Å². The number of anilines is 1. The van der Waals surface area contributed by atoms with Gasteiger partial charge in [-0.15, -0.1) is 0 Å². The maximum atomic E-state index is 13.2. The highest BCUT2D eigenvalue weighted by Gasteiger charge is 2.24. The van der Waals surface area contributed by atoms with Gasteiger partial charge in [0.2, 0.25) is 5.91 Å². The number of carbonyl (C=O) groups is 3. The van der Waals surface area contributed by atoms with Crippen LogP contribution in [-0.4, -0.2) is 40.2 Å². The Bertz CT molecular complexity index is 1370. The fourth-order valence-corrected chi connectivity index (χ4v) is 4.76. The van der Waals surface area contributed by atoms with Crippen molar-refractivity contribution in [2.75, 3.05) is 18.4 Å². The van der Waals surface area contributed by atoms with Crippen molar-refractivity contribution < 1.29 is 14.4 Å². The lowest BCUT2D eigenvalue weighted by Gasteiger charge is -2.20. The number of Topliss-reactive ketones (excluding diaryl/α,β-unsaturated/α-hetero) is 1. The van der Waals surface area contributed by atoms with E-state index in [-0.39, 0.29) is 12.5 Å². The first-order chi connectivity index (χ1) is 16.6. The number of benzene rings is 3. The molecule has 1 fully saturated rings. The molecule has 3 aromatic carbocycles. The molecule has 0 atom stereocenters. The molecule has 1 aromatic heterocycles. The lowest BCUT2D eigenvalue weighted by atomic mass is 10.1. The normalized spacial score (nSPS) is 14.2.